The van der Waals surface area contributed by atoms with Gasteiger partial charge >= 0.3 is 5.97 Å². The van der Waals surface area contributed by atoms with E-state index in [9.17, 15) is 19.1 Å². The first kappa shape index (κ1) is 21.0. The number of halogens is 2. The van der Waals surface area contributed by atoms with Gasteiger partial charge < -0.3 is 30.1 Å². The van der Waals surface area contributed by atoms with Crippen LogP contribution in [0.3, 0.4) is 0 Å². The Morgan fingerprint density at radius 1 is 1.29 bits per heavy atom. The van der Waals surface area contributed by atoms with Crippen LogP contribution in [-0.2, 0) is 4.79 Å². The molecule has 34 heavy (non-hydrogen) atoms. The highest BCUT2D eigenvalue weighted by Gasteiger charge is 2.39. The molecule has 0 amide bonds. The smallest absolute Gasteiger partial charge is 0.354 e. The van der Waals surface area contributed by atoms with Crippen LogP contribution >= 0.6 is 23.4 Å². The lowest BCUT2D eigenvalue weighted by atomic mass is 9.82. The Kier molecular flexibility index (Phi) is 4.80. The van der Waals surface area contributed by atoms with Gasteiger partial charge in [0.1, 0.15) is 17.3 Å². The maximum atomic E-state index is 13.7. The molecule has 9 nitrogen and oxygen atoms in total. The topological polar surface area (TPSA) is 136 Å². The van der Waals surface area contributed by atoms with Gasteiger partial charge in [-0.15, -0.1) is 0 Å². The summed E-state index contributed by atoms with van der Waals surface area (Å²) >= 11 is 7.05. The summed E-state index contributed by atoms with van der Waals surface area (Å²) < 4.78 is 19.8. The zero-order valence-electron chi connectivity index (χ0n) is 17.2. The number of aromatic amines is 2. The number of furan rings is 1. The van der Waals surface area contributed by atoms with Crippen LogP contribution in [0.5, 0.6) is 0 Å². The molecule has 1 aromatic carbocycles. The Bertz CT molecular complexity index is 1500. The van der Waals surface area contributed by atoms with Gasteiger partial charge in [0.25, 0.3) is 0 Å². The largest absolute Gasteiger partial charge is 0.477 e. The standard InChI is InChI=1S/C22H15ClFN5O4S/c23-9-3-11-12(4-10(9)24)29-22(28-11)34-16-2-1-15(33-16)17-8-5-26-20(21(31)32)19(8)27-13-6-25-7-14(30)18(13)17/h1-5,17,25-27H,6-7H2,(H,28,29)(H,31,32). The number of hydrogen-bond donors (Lipinski definition) is 5. The van der Waals surface area contributed by atoms with E-state index in [0.29, 0.717) is 56.1 Å². The number of rotatable bonds is 4. The Morgan fingerprint density at radius 3 is 2.97 bits per heavy atom. The van der Waals surface area contributed by atoms with E-state index in [-0.39, 0.29) is 23.0 Å². The molecule has 5 N–H and O–H groups in total. The fourth-order valence-corrected chi connectivity index (χ4v) is 5.28. The minimum atomic E-state index is -1.11. The Morgan fingerprint density at radius 2 is 2.15 bits per heavy atom. The monoisotopic (exact) mass is 499 g/mol. The number of aromatic carboxylic acids is 1. The predicted octanol–water partition coefficient (Wildman–Crippen LogP) is 4.11. The number of carboxylic acids is 1. The summed E-state index contributed by atoms with van der Waals surface area (Å²) in [6.07, 6.45) is 1.59. The molecule has 12 heteroatoms. The molecule has 1 unspecified atom stereocenters. The van der Waals surface area contributed by atoms with Crippen LogP contribution in [0.4, 0.5) is 10.1 Å². The van der Waals surface area contributed by atoms with E-state index in [4.69, 9.17) is 16.0 Å². The lowest BCUT2D eigenvalue weighted by molar-refractivity contribution is -0.115. The van der Waals surface area contributed by atoms with Crippen molar-refractivity contribution >= 4 is 51.8 Å². The van der Waals surface area contributed by atoms with Gasteiger partial charge in [-0.05, 0) is 30.0 Å². The number of imidazole rings is 1. The summed E-state index contributed by atoms with van der Waals surface area (Å²) in [6, 6.07) is 6.23. The summed E-state index contributed by atoms with van der Waals surface area (Å²) in [5, 5.41) is 16.7. The first-order chi connectivity index (χ1) is 16.4. The van der Waals surface area contributed by atoms with Crippen LogP contribution in [0.1, 0.15) is 27.7 Å². The quantitative estimate of drug-likeness (QED) is 0.283. The van der Waals surface area contributed by atoms with E-state index in [1.165, 1.54) is 23.9 Å². The maximum absolute atomic E-state index is 13.7. The number of ketones is 1. The molecule has 6 rings (SSSR count). The molecule has 0 bridgehead atoms. The van der Waals surface area contributed by atoms with Gasteiger partial charge in [-0.25, -0.2) is 14.2 Å². The number of Topliss-reactive ketones (excluding diaryl/α,β-unsaturated/α-hetero) is 1. The van der Waals surface area contributed by atoms with Crippen molar-refractivity contribution < 1.29 is 23.5 Å². The second-order valence-electron chi connectivity index (χ2n) is 7.86. The molecule has 2 aliphatic rings. The van der Waals surface area contributed by atoms with Gasteiger partial charge in [0.2, 0.25) is 0 Å². The number of carbonyl (C=O) groups is 2. The molecule has 0 saturated carbocycles. The Balaban J connectivity index is 1.38. The van der Waals surface area contributed by atoms with E-state index < -0.39 is 17.7 Å². The van der Waals surface area contributed by atoms with Crippen molar-refractivity contribution in [2.45, 2.75) is 16.2 Å². The molecule has 1 atom stereocenters. The van der Waals surface area contributed by atoms with Crippen molar-refractivity contribution in [2.24, 2.45) is 0 Å². The molecule has 0 aliphatic carbocycles. The number of carboxylic acid groups (broad SMARTS) is 1. The number of nitrogens with zero attached hydrogens (tertiary/aromatic N) is 1. The van der Waals surface area contributed by atoms with Gasteiger partial charge in [0.15, 0.2) is 16.0 Å². The molecular weight excluding hydrogens is 485 g/mol. The number of anilines is 1. The van der Waals surface area contributed by atoms with E-state index >= 15 is 0 Å². The van der Waals surface area contributed by atoms with Crippen molar-refractivity contribution in [2.75, 3.05) is 18.4 Å². The van der Waals surface area contributed by atoms with Crippen molar-refractivity contribution in [1.82, 2.24) is 20.3 Å². The Hall–Kier alpha value is -3.54. The van der Waals surface area contributed by atoms with Gasteiger partial charge in [0, 0.05) is 35.6 Å². The van der Waals surface area contributed by atoms with Crippen LogP contribution in [0, 0.1) is 5.82 Å². The van der Waals surface area contributed by atoms with Gasteiger partial charge in [0.05, 0.1) is 34.2 Å². The van der Waals surface area contributed by atoms with Crippen molar-refractivity contribution in [1.29, 1.82) is 0 Å². The summed E-state index contributed by atoms with van der Waals surface area (Å²) in [7, 11) is 0. The fraction of sp³-hybridized carbons (Fsp3) is 0.136. The number of fused-ring (bicyclic) bond motifs is 2. The maximum Gasteiger partial charge on any atom is 0.354 e. The van der Waals surface area contributed by atoms with Crippen molar-refractivity contribution in [3.63, 3.8) is 0 Å². The van der Waals surface area contributed by atoms with Gasteiger partial charge in [-0.2, -0.15) is 0 Å². The molecule has 4 aromatic rings. The number of carbonyl (C=O) groups excluding carboxylic acids is 1. The van der Waals surface area contributed by atoms with Crippen LogP contribution < -0.4 is 10.6 Å². The number of H-pyrrole nitrogens is 2. The fourth-order valence-electron chi connectivity index (χ4n) is 4.35. The number of hydrogen-bond acceptors (Lipinski definition) is 7. The molecule has 172 valence electrons. The molecular formula is C22H15ClFN5O4S. The molecule has 5 heterocycles. The third kappa shape index (κ3) is 3.31. The highest BCUT2D eigenvalue weighted by atomic mass is 35.5. The first-order valence-electron chi connectivity index (χ1n) is 10.2. The van der Waals surface area contributed by atoms with Crippen LogP contribution in [0.25, 0.3) is 11.0 Å². The number of benzene rings is 1. The number of aromatic nitrogens is 3. The second-order valence-corrected chi connectivity index (χ2v) is 9.26. The van der Waals surface area contributed by atoms with Gasteiger partial charge in [-0.3, -0.25) is 4.79 Å². The van der Waals surface area contributed by atoms with E-state index in [1.807, 2.05) is 0 Å². The zero-order chi connectivity index (χ0) is 23.6. The lowest BCUT2D eigenvalue weighted by Crippen LogP contribution is -2.39. The van der Waals surface area contributed by atoms with Crippen molar-refractivity contribution in [3.8, 4) is 0 Å². The zero-order valence-corrected chi connectivity index (χ0v) is 18.7. The van der Waals surface area contributed by atoms with E-state index in [2.05, 4.69) is 25.6 Å². The third-order valence-electron chi connectivity index (χ3n) is 5.80. The highest BCUT2D eigenvalue weighted by Crippen LogP contribution is 2.45. The molecule has 0 saturated heterocycles. The lowest BCUT2D eigenvalue weighted by Gasteiger charge is -2.31. The first-order valence-corrected chi connectivity index (χ1v) is 11.4. The predicted molar refractivity (Wildman–Crippen MR) is 122 cm³/mol. The van der Waals surface area contributed by atoms with E-state index in [1.54, 1.807) is 18.3 Å². The minimum absolute atomic E-state index is 0.00218. The summed E-state index contributed by atoms with van der Waals surface area (Å²) in [4.78, 5) is 34.7. The average Bonchev–Trinajstić information content (AvgIpc) is 3.51. The molecule has 0 radical (unpaired) electrons. The molecule has 0 spiro atoms. The molecule has 2 aliphatic heterocycles. The normalized spacial score (nSPS) is 17.6. The molecule has 3 aromatic heterocycles. The van der Waals surface area contributed by atoms with Crippen LogP contribution in [-0.4, -0.2) is 44.9 Å². The Labute approximate surface area is 199 Å². The van der Waals surface area contributed by atoms with Crippen LogP contribution in [0.15, 0.2) is 56.4 Å². The minimum Gasteiger partial charge on any atom is -0.477 e. The average molecular weight is 500 g/mol. The highest BCUT2D eigenvalue weighted by molar-refractivity contribution is 7.99. The summed E-state index contributed by atoms with van der Waals surface area (Å²) in [5.41, 5.74) is 3.23. The SMILES string of the molecule is O=C1CNCC2=C1C(c1ccc(Sc3nc4cc(F)c(Cl)cc4[nH]3)o1)c1c[nH]c(C(=O)O)c1N2. The summed E-state index contributed by atoms with van der Waals surface area (Å²) in [5.74, 6) is -1.83. The van der Waals surface area contributed by atoms with Crippen molar-refractivity contribution in [3.05, 3.63) is 69.6 Å². The third-order valence-corrected chi connectivity index (χ3v) is 6.90. The van der Waals surface area contributed by atoms with E-state index in [0.717, 1.165) is 0 Å². The number of nitrogens with one attached hydrogen (secondary N) is 4. The molecule has 0 fully saturated rings. The van der Waals surface area contributed by atoms with Crippen LogP contribution in [0.2, 0.25) is 5.02 Å². The summed E-state index contributed by atoms with van der Waals surface area (Å²) in [6.45, 7) is 0.588. The van der Waals surface area contributed by atoms with Gasteiger partial charge in [-0.1, -0.05) is 11.6 Å². The second kappa shape index (κ2) is 7.76.